The zero-order valence-electron chi connectivity index (χ0n) is 18.6. The van der Waals surface area contributed by atoms with Gasteiger partial charge in [0.1, 0.15) is 6.04 Å². The van der Waals surface area contributed by atoms with E-state index in [-0.39, 0.29) is 24.0 Å². The van der Waals surface area contributed by atoms with Gasteiger partial charge in [-0.3, -0.25) is 19.6 Å². The molecule has 31 heavy (non-hydrogen) atoms. The van der Waals surface area contributed by atoms with E-state index >= 15 is 0 Å². The summed E-state index contributed by atoms with van der Waals surface area (Å²) in [6, 6.07) is 8.44. The minimum absolute atomic E-state index is 0.0197. The van der Waals surface area contributed by atoms with Crippen molar-refractivity contribution in [1.29, 1.82) is 0 Å². The molecule has 0 spiro atoms. The van der Waals surface area contributed by atoms with E-state index < -0.39 is 0 Å². The summed E-state index contributed by atoms with van der Waals surface area (Å²) in [4.78, 5) is 24.6. The fourth-order valence-corrected chi connectivity index (χ4v) is 5.24. The number of hydrogen-bond donors (Lipinski definition) is 0. The third-order valence-electron chi connectivity index (χ3n) is 6.74. The van der Waals surface area contributed by atoms with Crippen LogP contribution in [-0.2, 0) is 17.6 Å². The van der Waals surface area contributed by atoms with Crippen LogP contribution in [0.2, 0.25) is 5.02 Å². The molecular weight excluding hydrogens is 476 g/mol. The standard InChI is InChI=1S/C24H30BrClN4O/c1-15(2)29(4)24(31)21-14-30(10-9-28(21)3)23-20-8-7-19(26)12-16(20)5-6-17-11-18(25)13-27-22(17)23/h7-8,11-13,15,21,23H,5-6,9-10,14H2,1-4H3/t21-,23-/m1/s1. The molecular formula is C24H30BrClN4O. The van der Waals surface area contributed by atoms with E-state index in [4.69, 9.17) is 16.6 Å². The van der Waals surface area contributed by atoms with Gasteiger partial charge >= 0.3 is 0 Å². The van der Waals surface area contributed by atoms with Crippen molar-refractivity contribution in [3.05, 3.63) is 62.3 Å². The first-order valence-electron chi connectivity index (χ1n) is 10.9. The molecule has 0 saturated carbocycles. The molecule has 1 aliphatic heterocycles. The number of piperazine rings is 1. The van der Waals surface area contributed by atoms with E-state index in [1.54, 1.807) is 0 Å². The van der Waals surface area contributed by atoms with E-state index in [9.17, 15) is 4.79 Å². The predicted octanol–water partition coefficient (Wildman–Crippen LogP) is 4.17. The van der Waals surface area contributed by atoms with Crippen molar-refractivity contribution in [3.8, 4) is 0 Å². The third-order valence-corrected chi connectivity index (χ3v) is 7.41. The van der Waals surface area contributed by atoms with Crippen molar-refractivity contribution < 1.29 is 4.79 Å². The molecule has 2 heterocycles. The molecule has 2 atom stereocenters. The monoisotopic (exact) mass is 504 g/mol. The summed E-state index contributed by atoms with van der Waals surface area (Å²) in [7, 11) is 3.95. The van der Waals surface area contributed by atoms with E-state index in [1.165, 1.54) is 16.7 Å². The fourth-order valence-electron chi connectivity index (χ4n) is 4.67. The molecule has 1 aromatic carbocycles. The number of hydrogen-bond acceptors (Lipinski definition) is 4. The highest BCUT2D eigenvalue weighted by Crippen LogP contribution is 2.38. The number of carbonyl (C=O) groups excluding carboxylic acids is 1. The summed E-state index contributed by atoms with van der Waals surface area (Å²) in [5.41, 5.74) is 4.88. The Morgan fingerprint density at radius 1 is 1.23 bits per heavy atom. The first-order valence-corrected chi connectivity index (χ1v) is 12.1. The Morgan fingerprint density at radius 3 is 2.71 bits per heavy atom. The first-order chi connectivity index (χ1) is 14.8. The Hall–Kier alpha value is -1.47. The number of rotatable bonds is 3. The second-order valence-electron chi connectivity index (χ2n) is 8.98. The minimum atomic E-state index is -0.168. The van der Waals surface area contributed by atoms with Crippen LogP contribution >= 0.6 is 27.5 Å². The highest BCUT2D eigenvalue weighted by Gasteiger charge is 2.38. The maximum Gasteiger partial charge on any atom is 0.241 e. The molecule has 4 rings (SSSR count). The Labute approximate surface area is 198 Å². The Morgan fingerprint density at radius 2 is 1.97 bits per heavy atom. The molecule has 7 heteroatoms. The normalized spacial score (nSPS) is 22.0. The van der Waals surface area contributed by atoms with Gasteiger partial charge in [-0.1, -0.05) is 17.7 Å². The van der Waals surface area contributed by atoms with Gasteiger partial charge in [-0.25, -0.2) is 0 Å². The summed E-state index contributed by atoms with van der Waals surface area (Å²) in [5.74, 6) is 0.177. The minimum Gasteiger partial charge on any atom is -0.342 e. The van der Waals surface area contributed by atoms with E-state index in [2.05, 4.69) is 64.8 Å². The van der Waals surface area contributed by atoms with Gasteiger partial charge in [0.2, 0.25) is 5.91 Å². The van der Waals surface area contributed by atoms with E-state index in [0.717, 1.165) is 41.1 Å². The molecule has 2 aliphatic rings. The number of fused-ring (bicyclic) bond motifs is 2. The number of aryl methyl sites for hydroxylation is 2. The van der Waals surface area contributed by atoms with E-state index in [0.29, 0.717) is 6.54 Å². The van der Waals surface area contributed by atoms with Crippen molar-refractivity contribution in [2.24, 2.45) is 0 Å². The number of amides is 1. The fraction of sp³-hybridized carbons (Fsp3) is 0.500. The number of likely N-dealkylation sites (N-methyl/N-ethyl adjacent to an activating group) is 2. The largest absolute Gasteiger partial charge is 0.342 e. The average Bonchev–Trinajstić information content (AvgIpc) is 2.89. The van der Waals surface area contributed by atoms with Gasteiger partial charge in [-0.2, -0.15) is 0 Å². The van der Waals surface area contributed by atoms with Gasteiger partial charge in [0.05, 0.1) is 11.7 Å². The van der Waals surface area contributed by atoms with Gasteiger partial charge in [-0.15, -0.1) is 0 Å². The highest BCUT2D eigenvalue weighted by atomic mass is 79.9. The van der Waals surface area contributed by atoms with Crippen molar-refractivity contribution in [2.45, 2.75) is 44.8 Å². The number of halogens is 2. The number of pyridine rings is 1. The molecule has 1 amide bonds. The summed E-state index contributed by atoms with van der Waals surface area (Å²) in [5, 5.41) is 0.766. The predicted molar refractivity (Wildman–Crippen MR) is 129 cm³/mol. The number of nitrogens with zero attached hydrogens (tertiary/aromatic N) is 4. The van der Waals surface area contributed by atoms with Crippen LogP contribution in [0, 0.1) is 0 Å². The zero-order valence-corrected chi connectivity index (χ0v) is 20.9. The van der Waals surface area contributed by atoms with Crippen LogP contribution in [0.25, 0.3) is 0 Å². The smallest absolute Gasteiger partial charge is 0.241 e. The summed E-state index contributed by atoms with van der Waals surface area (Å²) < 4.78 is 0.999. The van der Waals surface area contributed by atoms with Crippen LogP contribution in [0.1, 0.15) is 42.3 Å². The van der Waals surface area contributed by atoms with E-state index in [1.807, 2.05) is 24.2 Å². The number of aromatic nitrogens is 1. The summed E-state index contributed by atoms with van der Waals surface area (Å²) in [6.45, 7) is 6.52. The van der Waals surface area contributed by atoms with Crippen LogP contribution < -0.4 is 0 Å². The molecule has 0 unspecified atom stereocenters. The van der Waals surface area contributed by atoms with Gasteiger partial charge in [0.15, 0.2) is 0 Å². The molecule has 1 aromatic heterocycles. The van der Waals surface area contributed by atoms with Crippen molar-refractivity contribution in [2.75, 3.05) is 33.7 Å². The first kappa shape index (κ1) is 22.7. The lowest BCUT2D eigenvalue weighted by Crippen LogP contribution is -2.59. The maximum atomic E-state index is 13.2. The van der Waals surface area contributed by atoms with Crippen LogP contribution in [0.4, 0.5) is 0 Å². The Kier molecular flexibility index (Phi) is 6.73. The molecule has 0 bridgehead atoms. The second-order valence-corrected chi connectivity index (χ2v) is 10.3. The molecule has 166 valence electrons. The van der Waals surface area contributed by atoms with Crippen molar-refractivity contribution in [1.82, 2.24) is 19.7 Å². The van der Waals surface area contributed by atoms with Crippen molar-refractivity contribution in [3.63, 3.8) is 0 Å². The van der Waals surface area contributed by atoms with Gasteiger partial charge in [0, 0.05) is 48.4 Å². The topological polar surface area (TPSA) is 39.7 Å². The Balaban J connectivity index is 1.75. The van der Waals surface area contributed by atoms with Gasteiger partial charge < -0.3 is 4.90 Å². The quantitative estimate of drug-likeness (QED) is 0.628. The molecule has 5 nitrogen and oxygen atoms in total. The molecule has 0 N–H and O–H groups in total. The number of carbonyl (C=O) groups is 1. The summed E-state index contributed by atoms with van der Waals surface area (Å²) in [6.07, 6.45) is 3.75. The van der Waals surface area contributed by atoms with Crippen LogP contribution in [0.3, 0.4) is 0 Å². The lowest BCUT2D eigenvalue weighted by molar-refractivity contribution is -0.139. The number of benzene rings is 1. The highest BCUT2D eigenvalue weighted by molar-refractivity contribution is 9.10. The average molecular weight is 506 g/mol. The van der Waals surface area contributed by atoms with Crippen LogP contribution in [0.5, 0.6) is 0 Å². The SMILES string of the molecule is CC(C)N(C)C(=O)[C@H]1CN([C@@H]2c3ccc(Cl)cc3CCc3cc(Br)cnc32)CCN1C. The zero-order chi connectivity index (χ0) is 22.3. The Bertz CT molecular complexity index is 929. The second kappa shape index (κ2) is 9.18. The summed E-state index contributed by atoms with van der Waals surface area (Å²) >= 11 is 9.95. The van der Waals surface area contributed by atoms with Gasteiger partial charge in [0.25, 0.3) is 0 Å². The maximum absolute atomic E-state index is 13.2. The lowest BCUT2D eigenvalue weighted by Gasteiger charge is -2.44. The van der Waals surface area contributed by atoms with Crippen LogP contribution in [0.15, 0.2) is 34.9 Å². The molecule has 1 fully saturated rings. The van der Waals surface area contributed by atoms with Crippen LogP contribution in [-0.4, -0.2) is 71.4 Å². The lowest BCUT2D eigenvalue weighted by atomic mass is 9.95. The van der Waals surface area contributed by atoms with Crippen molar-refractivity contribution >= 4 is 33.4 Å². The van der Waals surface area contributed by atoms with Gasteiger partial charge in [-0.05, 0) is 84.6 Å². The molecule has 1 aliphatic carbocycles. The molecule has 0 radical (unpaired) electrons. The molecule has 2 aromatic rings. The molecule has 1 saturated heterocycles. The third kappa shape index (κ3) is 4.54.